The Morgan fingerprint density at radius 2 is 1.90 bits per heavy atom. The monoisotopic (exact) mass is 295 g/mol. The molecule has 2 aromatic rings. The minimum Gasteiger partial charge on any atom is -0.462 e. The summed E-state index contributed by atoms with van der Waals surface area (Å²) in [6.07, 6.45) is -2.02. The zero-order valence-corrected chi connectivity index (χ0v) is 11.1. The van der Waals surface area contributed by atoms with E-state index in [9.17, 15) is 18.0 Å². The molecule has 1 heterocycles. The van der Waals surface area contributed by atoms with Crippen LogP contribution < -0.4 is 5.32 Å². The summed E-state index contributed by atoms with van der Waals surface area (Å²) in [5, 5.41) is 2.21. The van der Waals surface area contributed by atoms with E-state index in [4.69, 9.17) is 4.42 Å². The number of hydrogen-bond acceptors (Lipinski definition) is 2. The summed E-state index contributed by atoms with van der Waals surface area (Å²) < 4.78 is 43.5. The van der Waals surface area contributed by atoms with Crippen LogP contribution in [0.5, 0.6) is 0 Å². The van der Waals surface area contributed by atoms with Crippen LogP contribution in [-0.2, 0) is 11.0 Å². The number of nitrogens with one attached hydrogen (secondary N) is 1. The van der Waals surface area contributed by atoms with E-state index in [-0.39, 0.29) is 5.69 Å². The number of carbonyl (C=O) groups is 1. The van der Waals surface area contributed by atoms with Gasteiger partial charge in [-0.05, 0) is 37.3 Å². The van der Waals surface area contributed by atoms with Crippen molar-refractivity contribution in [3.05, 3.63) is 59.6 Å². The third-order valence-corrected chi connectivity index (χ3v) is 2.65. The van der Waals surface area contributed by atoms with Crippen molar-refractivity contribution in [3.63, 3.8) is 0 Å². The second-order valence-electron chi connectivity index (χ2n) is 4.31. The van der Waals surface area contributed by atoms with E-state index < -0.39 is 17.6 Å². The van der Waals surface area contributed by atoms with Crippen LogP contribution in [0.4, 0.5) is 18.9 Å². The molecule has 0 saturated carbocycles. The predicted molar refractivity (Wildman–Crippen MR) is 72.6 cm³/mol. The molecule has 0 fully saturated rings. The molecule has 0 aliphatic heterocycles. The number of rotatable bonds is 3. The first-order valence-corrected chi connectivity index (χ1v) is 6.08. The Balaban J connectivity index is 2.12. The van der Waals surface area contributed by atoms with E-state index >= 15 is 0 Å². The molecule has 21 heavy (non-hydrogen) atoms. The molecule has 3 nitrogen and oxygen atoms in total. The third-order valence-electron chi connectivity index (χ3n) is 2.65. The SMILES string of the molecule is Cc1ccc(/C=C/C(=O)Nc2ccccc2C(F)(F)F)o1. The fourth-order valence-electron chi connectivity index (χ4n) is 1.71. The highest BCUT2D eigenvalue weighted by Crippen LogP contribution is 2.34. The first kappa shape index (κ1) is 14.9. The summed E-state index contributed by atoms with van der Waals surface area (Å²) in [7, 11) is 0. The van der Waals surface area contributed by atoms with Gasteiger partial charge in [-0.15, -0.1) is 0 Å². The molecule has 2 rings (SSSR count). The van der Waals surface area contributed by atoms with Crippen molar-refractivity contribution >= 4 is 17.7 Å². The molecule has 0 unspecified atom stereocenters. The molecule has 0 saturated heterocycles. The number of hydrogen-bond donors (Lipinski definition) is 1. The van der Waals surface area contributed by atoms with Gasteiger partial charge in [-0.25, -0.2) is 0 Å². The highest BCUT2D eigenvalue weighted by molar-refractivity contribution is 6.02. The number of anilines is 1. The molecule has 0 atom stereocenters. The first-order chi connectivity index (χ1) is 9.86. The number of carbonyl (C=O) groups excluding carboxylic acids is 1. The molecule has 1 amide bonds. The van der Waals surface area contributed by atoms with Crippen LogP contribution in [0, 0.1) is 6.92 Å². The Labute approximate surface area is 119 Å². The lowest BCUT2D eigenvalue weighted by molar-refractivity contribution is -0.136. The Morgan fingerprint density at radius 1 is 1.19 bits per heavy atom. The molecule has 110 valence electrons. The second-order valence-corrected chi connectivity index (χ2v) is 4.31. The highest BCUT2D eigenvalue weighted by Gasteiger charge is 2.33. The van der Waals surface area contributed by atoms with Gasteiger partial charge < -0.3 is 9.73 Å². The Hall–Kier alpha value is -2.50. The van der Waals surface area contributed by atoms with Crippen LogP contribution in [0.3, 0.4) is 0 Å². The Kier molecular flexibility index (Phi) is 4.16. The number of amides is 1. The molecule has 0 radical (unpaired) electrons. The van der Waals surface area contributed by atoms with Crippen LogP contribution in [0.15, 0.2) is 46.9 Å². The fraction of sp³-hybridized carbons (Fsp3) is 0.133. The normalized spacial score (nSPS) is 11.8. The van der Waals surface area contributed by atoms with Crippen molar-refractivity contribution in [1.82, 2.24) is 0 Å². The lowest BCUT2D eigenvalue weighted by Gasteiger charge is -2.12. The fourth-order valence-corrected chi connectivity index (χ4v) is 1.71. The van der Waals surface area contributed by atoms with Crippen molar-refractivity contribution in [2.75, 3.05) is 5.32 Å². The largest absolute Gasteiger partial charge is 0.462 e. The first-order valence-electron chi connectivity index (χ1n) is 6.08. The number of halogens is 3. The van der Waals surface area contributed by atoms with E-state index in [1.807, 2.05) is 0 Å². The summed E-state index contributed by atoms with van der Waals surface area (Å²) in [6, 6.07) is 8.17. The summed E-state index contributed by atoms with van der Waals surface area (Å²) in [4.78, 5) is 11.7. The van der Waals surface area contributed by atoms with E-state index in [2.05, 4.69) is 5.32 Å². The topological polar surface area (TPSA) is 42.2 Å². The third kappa shape index (κ3) is 3.98. The molecule has 1 aromatic heterocycles. The minimum atomic E-state index is -4.52. The molecule has 1 N–H and O–H groups in total. The zero-order chi connectivity index (χ0) is 15.5. The predicted octanol–water partition coefficient (Wildman–Crippen LogP) is 4.26. The molecule has 0 aliphatic carbocycles. The van der Waals surface area contributed by atoms with Gasteiger partial charge in [-0.1, -0.05) is 12.1 Å². The molecular weight excluding hydrogens is 283 g/mol. The number of furan rings is 1. The maximum Gasteiger partial charge on any atom is 0.418 e. The average Bonchev–Trinajstić information content (AvgIpc) is 2.82. The number of aryl methyl sites for hydroxylation is 1. The second kappa shape index (κ2) is 5.87. The smallest absolute Gasteiger partial charge is 0.418 e. The molecule has 0 spiro atoms. The summed E-state index contributed by atoms with van der Waals surface area (Å²) >= 11 is 0. The van der Waals surface area contributed by atoms with Crippen LogP contribution >= 0.6 is 0 Å². The van der Waals surface area contributed by atoms with Crippen LogP contribution in [0.2, 0.25) is 0 Å². The van der Waals surface area contributed by atoms with Crippen molar-refractivity contribution in [2.45, 2.75) is 13.1 Å². The van der Waals surface area contributed by atoms with Gasteiger partial charge >= 0.3 is 6.18 Å². The van der Waals surface area contributed by atoms with Crippen molar-refractivity contribution < 1.29 is 22.4 Å². The standard InChI is InChI=1S/C15H12F3NO2/c1-10-6-7-11(21-10)8-9-14(20)19-13-5-3-2-4-12(13)15(16,17)18/h2-9H,1H3,(H,19,20)/b9-8+. The van der Waals surface area contributed by atoms with Gasteiger partial charge in [0.1, 0.15) is 11.5 Å². The van der Waals surface area contributed by atoms with Crippen LogP contribution in [0.1, 0.15) is 17.1 Å². The lowest BCUT2D eigenvalue weighted by atomic mass is 10.1. The van der Waals surface area contributed by atoms with Gasteiger partial charge in [0.15, 0.2) is 0 Å². The van der Waals surface area contributed by atoms with Crippen molar-refractivity contribution in [3.8, 4) is 0 Å². The van der Waals surface area contributed by atoms with E-state index in [1.54, 1.807) is 19.1 Å². The quantitative estimate of drug-likeness (QED) is 0.860. The average molecular weight is 295 g/mol. The molecule has 6 heteroatoms. The number of benzene rings is 1. The maximum absolute atomic E-state index is 12.8. The van der Waals surface area contributed by atoms with Gasteiger partial charge in [-0.2, -0.15) is 13.2 Å². The van der Waals surface area contributed by atoms with E-state index in [1.165, 1.54) is 24.3 Å². The lowest BCUT2D eigenvalue weighted by Crippen LogP contribution is -2.14. The molecular formula is C15H12F3NO2. The molecule has 0 aliphatic rings. The van der Waals surface area contributed by atoms with Gasteiger partial charge in [-0.3, -0.25) is 4.79 Å². The summed E-state index contributed by atoms with van der Waals surface area (Å²) in [5.41, 5.74) is -1.17. The maximum atomic E-state index is 12.8. The van der Waals surface area contributed by atoms with Gasteiger partial charge in [0.25, 0.3) is 0 Å². The minimum absolute atomic E-state index is 0.282. The van der Waals surface area contributed by atoms with Gasteiger partial charge in [0.05, 0.1) is 11.3 Å². The van der Waals surface area contributed by atoms with Crippen LogP contribution in [0.25, 0.3) is 6.08 Å². The van der Waals surface area contributed by atoms with Crippen molar-refractivity contribution in [2.24, 2.45) is 0 Å². The van der Waals surface area contributed by atoms with E-state index in [0.29, 0.717) is 11.5 Å². The molecule has 1 aromatic carbocycles. The summed E-state index contributed by atoms with van der Waals surface area (Å²) in [6.45, 7) is 1.75. The number of para-hydroxylation sites is 1. The highest BCUT2D eigenvalue weighted by atomic mass is 19.4. The van der Waals surface area contributed by atoms with Crippen molar-refractivity contribution in [1.29, 1.82) is 0 Å². The Bertz CT molecular complexity index is 672. The van der Waals surface area contributed by atoms with Gasteiger partial charge in [0, 0.05) is 6.08 Å². The van der Waals surface area contributed by atoms with Gasteiger partial charge in [0.2, 0.25) is 5.91 Å². The summed E-state index contributed by atoms with van der Waals surface area (Å²) in [5.74, 6) is 0.463. The van der Waals surface area contributed by atoms with Crippen LogP contribution in [-0.4, -0.2) is 5.91 Å². The zero-order valence-electron chi connectivity index (χ0n) is 11.1. The Morgan fingerprint density at radius 3 is 2.52 bits per heavy atom. The number of alkyl halides is 3. The molecule has 0 bridgehead atoms. The van der Waals surface area contributed by atoms with E-state index in [0.717, 1.165) is 12.1 Å².